The summed E-state index contributed by atoms with van der Waals surface area (Å²) in [6, 6.07) is 0. The maximum absolute atomic E-state index is 4.24. The van der Waals surface area contributed by atoms with E-state index in [4.69, 9.17) is 0 Å². The lowest BCUT2D eigenvalue weighted by Crippen LogP contribution is -2.35. The highest BCUT2D eigenvalue weighted by Crippen LogP contribution is 2.48. The standard InChI is InChI=1S/C17H28/c1-7-8-13(2)11-12-17(6)15(4)10-9-14(3)16(17)5/h8,11-12,15-16H,3,7,9-10H2,1-2,4-6H3/b12-11+,13-8+. The van der Waals surface area contributed by atoms with Gasteiger partial charge in [-0.25, -0.2) is 0 Å². The van der Waals surface area contributed by atoms with Crippen LogP contribution in [0.25, 0.3) is 0 Å². The van der Waals surface area contributed by atoms with Gasteiger partial charge in [0.15, 0.2) is 0 Å². The number of allylic oxidation sites excluding steroid dienone is 5. The fraction of sp³-hybridized carbons (Fsp3) is 0.647. The van der Waals surface area contributed by atoms with Crippen LogP contribution in [0.1, 0.15) is 53.9 Å². The summed E-state index contributed by atoms with van der Waals surface area (Å²) in [5.41, 5.74) is 3.08. The predicted molar refractivity (Wildman–Crippen MR) is 78.0 cm³/mol. The second-order valence-electron chi connectivity index (χ2n) is 5.88. The molecule has 3 unspecified atom stereocenters. The first-order chi connectivity index (χ1) is 7.91. The molecular weight excluding hydrogens is 204 g/mol. The SMILES string of the molecule is C=C1CCC(C)C(C)(/C=C/C(C)=C/CC)C1C. The predicted octanol–water partition coefficient (Wildman–Crippen LogP) is 5.53. The molecule has 1 rings (SSSR count). The average Bonchev–Trinajstić information content (AvgIpc) is 2.30. The smallest absolute Gasteiger partial charge is 0.00550 e. The molecule has 0 nitrogen and oxygen atoms in total. The third-order valence-electron chi connectivity index (χ3n) is 4.74. The Morgan fingerprint density at radius 1 is 1.47 bits per heavy atom. The molecule has 0 heteroatoms. The van der Waals surface area contributed by atoms with E-state index in [1.807, 2.05) is 0 Å². The van der Waals surface area contributed by atoms with Gasteiger partial charge in [0.2, 0.25) is 0 Å². The molecule has 0 saturated heterocycles. The maximum atomic E-state index is 4.24. The molecule has 1 aliphatic carbocycles. The van der Waals surface area contributed by atoms with Crippen molar-refractivity contribution in [2.75, 3.05) is 0 Å². The molecule has 0 amide bonds. The third-order valence-corrected chi connectivity index (χ3v) is 4.74. The first-order valence-electron chi connectivity index (χ1n) is 6.95. The minimum atomic E-state index is 0.276. The summed E-state index contributed by atoms with van der Waals surface area (Å²) in [5, 5.41) is 0. The summed E-state index contributed by atoms with van der Waals surface area (Å²) >= 11 is 0. The van der Waals surface area contributed by atoms with Crippen molar-refractivity contribution in [1.29, 1.82) is 0 Å². The molecule has 0 aromatic rings. The van der Waals surface area contributed by atoms with Crippen LogP contribution in [0.15, 0.2) is 36.0 Å². The Kier molecular flexibility index (Phi) is 4.80. The normalized spacial score (nSPS) is 35.6. The van der Waals surface area contributed by atoms with Crippen LogP contribution in [0.2, 0.25) is 0 Å². The minimum Gasteiger partial charge on any atom is -0.0996 e. The molecule has 0 bridgehead atoms. The lowest BCUT2D eigenvalue weighted by atomic mass is 9.60. The van der Waals surface area contributed by atoms with Crippen molar-refractivity contribution in [2.45, 2.75) is 53.9 Å². The van der Waals surface area contributed by atoms with Gasteiger partial charge in [0, 0.05) is 0 Å². The summed E-state index contributed by atoms with van der Waals surface area (Å²) in [6.45, 7) is 15.7. The van der Waals surface area contributed by atoms with Crippen LogP contribution in [0, 0.1) is 17.3 Å². The summed E-state index contributed by atoms with van der Waals surface area (Å²) in [5.74, 6) is 1.34. The molecule has 0 heterocycles. The van der Waals surface area contributed by atoms with E-state index in [2.05, 4.69) is 59.4 Å². The molecule has 96 valence electrons. The van der Waals surface area contributed by atoms with E-state index in [0.717, 1.165) is 12.3 Å². The highest BCUT2D eigenvalue weighted by molar-refractivity contribution is 5.23. The summed E-state index contributed by atoms with van der Waals surface area (Å²) in [4.78, 5) is 0. The first-order valence-corrected chi connectivity index (χ1v) is 6.95. The Bertz CT molecular complexity index is 332. The Labute approximate surface area is 108 Å². The van der Waals surface area contributed by atoms with Crippen molar-refractivity contribution in [3.05, 3.63) is 36.0 Å². The molecule has 1 saturated carbocycles. The van der Waals surface area contributed by atoms with Crippen LogP contribution in [-0.2, 0) is 0 Å². The van der Waals surface area contributed by atoms with E-state index < -0.39 is 0 Å². The molecule has 0 aromatic heterocycles. The third kappa shape index (κ3) is 3.12. The van der Waals surface area contributed by atoms with Crippen LogP contribution in [0.5, 0.6) is 0 Å². The average molecular weight is 232 g/mol. The van der Waals surface area contributed by atoms with Gasteiger partial charge >= 0.3 is 0 Å². The fourth-order valence-corrected chi connectivity index (χ4v) is 2.81. The molecular formula is C17H28. The Morgan fingerprint density at radius 2 is 2.12 bits per heavy atom. The molecule has 0 spiro atoms. The van der Waals surface area contributed by atoms with Gasteiger partial charge in [0.1, 0.15) is 0 Å². The van der Waals surface area contributed by atoms with Crippen LogP contribution in [0.4, 0.5) is 0 Å². The first kappa shape index (κ1) is 14.3. The second-order valence-corrected chi connectivity index (χ2v) is 5.88. The Hall–Kier alpha value is -0.780. The van der Waals surface area contributed by atoms with Gasteiger partial charge in [-0.2, -0.15) is 0 Å². The van der Waals surface area contributed by atoms with Crippen LogP contribution >= 0.6 is 0 Å². The lowest BCUT2D eigenvalue weighted by molar-refractivity contribution is 0.160. The van der Waals surface area contributed by atoms with Gasteiger partial charge in [-0.15, -0.1) is 0 Å². The van der Waals surface area contributed by atoms with E-state index in [0.29, 0.717) is 5.92 Å². The molecule has 17 heavy (non-hydrogen) atoms. The summed E-state index contributed by atoms with van der Waals surface area (Å²) in [6.07, 6.45) is 10.6. The quantitative estimate of drug-likeness (QED) is 0.443. The molecule has 0 aromatic carbocycles. The number of hydrogen-bond donors (Lipinski definition) is 0. The van der Waals surface area contributed by atoms with Crippen LogP contribution in [-0.4, -0.2) is 0 Å². The zero-order valence-electron chi connectivity index (χ0n) is 12.2. The minimum absolute atomic E-state index is 0.276. The van der Waals surface area contributed by atoms with Crippen molar-refractivity contribution >= 4 is 0 Å². The zero-order chi connectivity index (χ0) is 13.1. The molecule has 1 aliphatic rings. The largest absolute Gasteiger partial charge is 0.0996 e. The molecule has 0 aliphatic heterocycles. The van der Waals surface area contributed by atoms with E-state index in [-0.39, 0.29) is 5.41 Å². The van der Waals surface area contributed by atoms with Crippen LogP contribution < -0.4 is 0 Å². The van der Waals surface area contributed by atoms with Crippen molar-refractivity contribution in [3.63, 3.8) is 0 Å². The fourth-order valence-electron chi connectivity index (χ4n) is 2.81. The Morgan fingerprint density at radius 3 is 2.71 bits per heavy atom. The Balaban J connectivity index is 2.90. The maximum Gasteiger partial charge on any atom is -0.00550 e. The number of hydrogen-bond acceptors (Lipinski definition) is 0. The van der Waals surface area contributed by atoms with Crippen molar-refractivity contribution in [1.82, 2.24) is 0 Å². The molecule has 0 radical (unpaired) electrons. The zero-order valence-corrected chi connectivity index (χ0v) is 12.2. The topological polar surface area (TPSA) is 0 Å². The second kappa shape index (κ2) is 5.71. The van der Waals surface area contributed by atoms with E-state index >= 15 is 0 Å². The highest BCUT2D eigenvalue weighted by atomic mass is 14.4. The summed E-state index contributed by atoms with van der Waals surface area (Å²) < 4.78 is 0. The van der Waals surface area contributed by atoms with Crippen molar-refractivity contribution < 1.29 is 0 Å². The highest BCUT2D eigenvalue weighted by Gasteiger charge is 2.38. The van der Waals surface area contributed by atoms with Crippen molar-refractivity contribution in [3.8, 4) is 0 Å². The van der Waals surface area contributed by atoms with Gasteiger partial charge in [-0.05, 0) is 43.4 Å². The van der Waals surface area contributed by atoms with Gasteiger partial charge < -0.3 is 0 Å². The molecule has 1 fully saturated rings. The van der Waals surface area contributed by atoms with Crippen LogP contribution in [0.3, 0.4) is 0 Å². The lowest BCUT2D eigenvalue weighted by Gasteiger charge is -2.44. The number of rotatable bonds is 3. The van der Waals surface area contributed by atoms with E-state index in [9.17, 15) is 0 Å². The molecule has 0 N–H and O–H groups in total. The van der Waals surface area contributed by atoms with Gasteiger partial charge in [-0.3, -0.25) is 0 Å². The van der Waals surface area contributed by atoms with E-state index in [1.54, 1.807) is 0 Å². The van der Waals surface area contributed by atoms with Gasteiger partial charge in [0.25, 0.3) is 0 Å². The monoisotopic (exact) mass is 232 g/mol. The van der Waals surface area contributed by atoms with Crippen molar-refractivity contribution in [2.24, 2.45) is 17.3 Å². The molecule has 3 atom stereocenters. The summed E-state index contributed by atoms with van der Waals surface area (Å²) in [7, 11) is 0. The van der Waals surface area contributed by atoms with Gasteiger partial charge in [0.05, 0.1) is 0 Å². The van der Waals surface area contributed by atoms with E-state index in [1.165, 1.54) is 24.0 Å². The van der Waals surface area contributed by atoms with Gasteiger partial charge in [-0.1, -0.05) is 63.6 Å².